The second kappa shape index (κ2) is 4.71. The molecule has 1 atom stereocenters. The van der Waals surface area contributed by atoms with Crippen molar-refractivity contribution in [2.75, 3.05) is 0 Å². The van der Waals surface area contributed by atoms with Gasteiger partial charge in [0.1, 0.15) is 0 Å². The highest BCUT2D eigenvalue weighted by atomic mass is 16.7. The minimum atomic E-state index is -0.205. The van der Waals surface area contributed by atoms with Gasteiger partial charge in [0.15, 0.2) is 0 Å². The maximum Gasteiger partial charge on any atom is 0.486 e. The van der Waals surface area contributed by atoms with E-state index in [4.69, 9.17) is 9.31 Å². The van der Waals surface area contributed by atoms with E-state index < -0.39 is 0 Å². The zero-order valence-corrected chi connectivity index (χ0v) is 10.7. The Hall–Kier alpha value is -0.275. The predicted octanol–water partition coefficient (Wildman–Crippen LogP) is 3.36. The van der Waals surface area contributed by atoms with Crippen LogP contribution < -0.4 is 0 Å². The van der Waals surface area contributed by atoms with E-state index >= 15 is 0 Å². The van der Waals surface area contributed by atoms with Gasteiger partial charge in [0.25, 0.3) is 0 Å². The van der Waals surface area contributed by atoms with Crippen LogP contribution >= 0.6 is 0 Å². The summed E-state index contributed by atoms with van der Waals surface area (Å²) in [6.45, 7) is 10.6. The fourth-order valence-corrected chi connectivity index (χ4v) is 1.80. The Kier molecular flexibility index (Phi) is 4.02. The first-order valence-corrected chi connectivity index (χ1v) is 5.97. The molecule has 86 valence electrons. The van der Waals surface area contributed by atoms with Crippen LogP contribution in [0.2, 0.25) is 0 Å². The largest absolute Gasteiger partial charge is 0.486 e. The SMILES string of the molecule is CCC/C=C/B1OC(C)(C)C(C)(CC)O1. The third kappa shape index (κ3) is 2.64. The van der Waals surface area contributed by atoms with Crippen LogP contribution in [0.4, 0.5) is 0 Å². The van der Waals surface area contributed by atoms with E-state index in [9.17, 15) is 0 Å². The van der Waals surface area contributed by atoms with E-state index in [1.54, 1.807) is 0 Å². The molecule has 0 amide bonds. The molecule has 2 nitrogen and oxygen atoms in total. The molecule has 3 heteroatoms. The quantitative estimate of drug-likeness (QED) is 0.662. The molecule has 0 bridgehead atoms. The average Bonchev–Trinajstić information content (AvgIpc) is 2.38. The van der Waals surface area contributed by atoms with Crippen molar-refractivity contribution in [3.8, 4) is 0 Å². The van der Waals surface area contributed by atoms with Gasteiger partial charge in [-0.2, -0.15) is 0 Å². The molecule has 0 N–H and O–H groups in total. The lowest BCUT2D eigenvalue weighted by Crippen LogP contribution is -2.44. The Morgan fingerprint density at radius 1 is 1.13 bits per heavy atom. The Labute approximate surface area is 94.2 Å². The summed E-state index contributed by atoms with van der Waals surface area (Å²) in [5, 5.41) is 0. The highest BCUT2D eigenvalue weighted by Crippen LogP contribution is 2.39. The number of unbranched alkanes of at least 4 members (excludes halogenated alkanes) is 1. The van der Waals surface area contributed by atoms with Gasteiger partial charge in [0.05, 0.1) is 11.2 Å². The number of allylic oxidation sites excluding steroid dienone is 1. The molecule has 1 saturated heterocycles. The van der Waals surface area contributed by atoms with Crippen LogP contribution in [0.15, 0.2) is 12.1 Å². The molecule has 0 saturated carbocycles. The molecule has 1 fully saturated rings. The molecule has 1 unspecified atom stereocenters. The molecule has 0 spiro atoms. The Bertz CT molecular complexity index is 238. The van der Waals surface area contributed by atoms with Crippen LogP contribution in [-0.2, 0) is 9.31 Å². The number of hydrogen-bond donors (Lipinski definition) is 0. The normalized spacial score (nSPS) is 30.3. The van der Waals surface area contributed by atoms with Gasteiger partial charge in [-0.25, -0.2) is 0 Å². The van der Waals surface area contributed by atoms with Crippen molar-refractivity contribution in [1.29, 1.82) is 0 Å². The summed E-state index contributed by atoms with van der Waals surface area (Å²) in [5.74, 6) is 2.03. The van der Waals surface area contributed by atoms with E-state index in [1.807, 2.05) is 5.98 Å². The lowest BCUT2D eigenvalue weighted by Gasteiger charge is -2.35. The van der Waals surface area contributed by atoms with Crippen LogP contribution in [0, 0.1) is 0 Å². The van der Waals surface area contributed by atoms with Gasteiger partial charge >= 0.3 is 7.12 Å². The minimum absolute atomic E-state index is 0.170. The molecular formula is C12H23BO2. The highest BCUT2D eigenvalue weighted by Gasteiger charge is 2.51. The molecule has 1 rings (SSSR count). The van der Waals surface area contributed by atoms with Gasteiger partial charge in [-0.3, -0.25) is 0 Å². The fraction of sp³-hybridized carbons (Fsp3) is 0.833. The van der Waals surface area contributed by atoms with Crippen molar-refractivity contribution >= 4 is 7.12 Å². The lowest BCUT2D eigenvalue weighted by molar-refractivity contribution is -0.0118. The van der Waals surface area contributed by atoms with Gasteiger partial charge < -0.3 is 9.31 Å². The van der Waals surface area contributed by atoms with Crippen molar-refractivity contribution in [3.05, 3.63) is 12.1 Å². The molecule has 1 aliphatic heterocycles. The van der Waals surface area contributed by atoms with Gasteiger partial charge in [0, 0.05) is 0 Å². The Morgan fingerprint density at radius 2 is 1.80 bits per heavy atom. The van der Waals surface area contributed by atoms with Crippen LogP contribution in [0.1, 0.15) is 53.9 Å². The molecule has 0 aromatic heterocycles. The molecule has 15 heavy (non-hydrogen) atoms. The third-order valence-electron chi connectivity index (χ3n) is 3.48. The number of hydrogen-bond acceptors (Lipinski definition) is 2. The average molecular weight is 210 g/mol. The van der Waals surface area contributed by atoms with E-state index in [0.717, 1.165) is 19.3 Å². The van der Waals surface area contributed by atoms with Crippen LogP contribution in [-0.4, -0.2) is 18.3 Å². The number of rotatable bonds is 4. The maximum absolute atomic E-state index is 5.95. The van der Waals surface area contributed by atoms with Crippen LogP contribution in [0.5, 0.6) is 0 Å². The van der Waals surface area contributed by atoms with Gasteiger partial charge in [-0.15, -0.1) is 0 Å². The van der Waals surface area contributed by atoms with Crippen molar-refractivity contribution in [2.45, 2.75) is 65.1 Å². The zero-order chi connectivity index (χ0) is 11.5. The minimum Gasteiger partial charge on any atom is -0.400 e. The molecule has 1 heterocycles. The topological polar surface area (TPSA) is 18.5 Å². The standard InChI is InChI=1S/C12H23BO2/c1-6-8-9-10-13-14-11(3,4)12(5,7-2)15-13/h9-10H,6-8H2,1-5H3/b10-9+. The maximum atomic E-state index is 5.95. The van der Waals surface area contributed by atoms with Crippen molar-refractivity contribution in [1.82, 2.24) is 0 Å². The van der Waals surface area contributed by atoms with E-state index in [0.29, 0.717) is 0 Å². The molecule has 0 aromatic rings. The van der Waals surface area contributed by atoms with Crippen molar-refractivity contribution in [3.63, 3.8) is 0 Å². The summed E-state index contributed by atoms with van der Waals surface area (Å²) in [5.41, 5.74) is -0.378. The predicted molar refractivity (Wildman–Crippen MR) is 64.7 cm³/mol. The first-order valence-electron chi connectivity index (χ1n) is 5.97. The molecular weight excluding hydrogens is 187 g/mol. The van der Waals surface area contributed by atoms with E-state index in [-0.39, 0.29) is 18.3 Å². The zero-order valence-electron chi connectivity index (χ0n) is 10.7. The summed E-state index contributed by atoms with van der Waals surface area (Å²) in [6, 6.07) is 0. The first-order chi connectivity index (χ1) is 6.95. The molecule has 0 aliphatic carbocycles. The van der Waals surface area contributed by atoms with E-state index in [2.05, 4.69) is 40.7 Å². The van der Waals surface area contributed by atoms with Gasteiger partial charge in [0.2, 0.25) is 0 Å². The monoisotopic (exact) mass is 210 g/mol. The second-order valence-electron chi connectivity index (χ2n) is 4.92. The lowest BCUT2D eigenvalue weighted by atomic mass is 9.86. The summed E-state index contributed by atoms with van der Waals surface area (Å²) in [4.78, 5) is 0. The fourth-order valence-electron chi connectivity index (χ4n) is 1.80. The van der Waals surface area contributed by atoms with Gasteiger partial charge in [-0.05, 0) is 33.6 Å². The molecule has 0 radical (unpaired) electrons. The third-order valence-corrected chi connectivity index (χ3v) is 3.48. The Balaban J connectivity index is 2.62. The van der Waals surface area contributed by atoms with E-state index in [1.165, 1.54) is 0 Å². The van der Waals surface area contributed by atoms with Gasteiger partial charge in [-0.1, -0.05) is 32.3 Å². The molecule has 1 aliphatic rings. The van der Waals surface area contributed by atoms with Crippen LogP contribution in [0.3, 0.4) is 0 Å². The molecule has 0 aromatic carbocycles. The Morgan fingerprint density at radius 3 is 2.27 bits per heavy atom. The van der Waals surface area contributed by atoms with Crippen molar-refractivity contribution < 1.29 is 9.31 Å². The first kappa shape index (κ1) is 12.8. The van der Waals surface area contributed by atoms with Crippen molar-refractivity contribution in [2.24, 2.45) is 0 Å². The highest BCUT2D eigenvalue weighted by molar-refractivity contribution is 6.51. The smallest absolute Gasteiger partial charge is 0.400 e. The second-order valence-corrected chi connectivity index (χ2v) is 4.92. The van der Waals surface area contributed by atoms with Crippen LogP contribution in [0.25, 0.3) is 0 Å². The summed E-state index contributed by atoms with van der Waals surface area (Å²) >= 11 is 0. The summed E-state index contributed by atoms with van der Waals surface area (Å²) in [7, 11) is -0.170. The summed E-state index contributed by atoms with van der Waals surface area (Å²) < 4.78 is 11.8. The summed E-state index contributed by atoms with van der Waals surface area (Å²) in [6.07, 6.45) is 5.37.